The first-order valence-corrected chi connectivity index (χ1v) is 5.87. The Bertz CT molecular complexity index is 436. The molecule has 0 bridgehead atoms. The van der Waals surface area contributed by atoms with Gasteiger partial charge in [0.25, 0.3) is 0 Å². The molecule has 0 spiro atoms. The highest BCUT2D eigenvalue weighted by Gasteiger charge is 2.32. The van der Waals surface area contributed by atoms with Crippen LogP contribution in [0, 0.1) is 5.82 Å². The van der Waals surface area contributed by atoms with Crippen LogP contribution in [0.15, 0.2) is 30.9 Å². The number of hydrogen-bond acceptors (Lipinski definition) is 1. The van der Waals surface area contributed by atoms with Crippen LogP contribution >= 0.6 is 11.6 Å². The maximum absolute atomic E-state index is 13.6. The number of amides is 1. The van der Waals surface area contributed by atoms with E-state index in [9.17, 15) is 9.18 Å². The van der Waals surface area contributed by atoms with Gasteiger partial charge in [-0.05, 0) is 31.1 Å². The number of carbonyl (C=O) groups excluding carboxylic acids is 1. The van der Waals surface area contributed by atoms with E-state index in [1.807, 2.05) is 0 Å². The van der Waals surface area contributed by atoms with Crippen LogP contribution < -0.4 is 0 Å². The third-order valence-electron chi connectivity index (χ3n) is 2.84. The van der Waals surface area contributed by atoms with Gasteiger partial charge in [-0.25, -0.2) is 4.39 Å². The smallest absolute Gasteiger partial charge is 0.246 e. The molecule has 1 aliphatic rings. The summed E-state index contributed by atoms with van der Waals surface area (Å²) in [6.45, 7) is 3.67. The van der Waals surface area contributed by atoms with Crippen LogP contribution in [-0.4, -0.2) is 16.8 Å². The number of carbonyl (C=O) groups is 1. The lowest BCUT2D eigenvalue weighted by Crippen LogP contribution is -2.31. The van der Waals surface area contributed by atoms with Gasteiger partial charge in [0.05, 0.1) is 6.54 Å². The Morgan fingerprint density at radius 1 is 1.59 bits per heavy atom. The number of hydrogen-bond donors (Lipinski definition) is 0. The van der Waals surface area contributed by atoms with E-state index in [2.05, 4.69) is 6.58 Å². The van der Waals surface area contributed by atoms with E-state index in [-0.39, 0.29) is 24.3 Å². The highest BCUT2D eigenvalue weighted by Crippen LogP contribution is 2.30. The Balaban J connectivity index is 2.22. The summed E-state index contributed by atoms with van der Waals surface area (Å²) in [5.41, 5.74) is 0.372. The fourth-order valence-corrected chi connectivity index (χ4v) is 1.97. The van der Waals surface area contributed by atoms with E-state index >= 15 is 0 Å². The van der Waals surface area contributed by atoms with Crippen LogP contribution in [0.4, 0.5) is 4.39 Å². The number of halogens is 2. The summed E-state index contributed by atoms with van der Waals surface area (Å²) in [5.74, 6) is -0.549. The Hall–Kier alpha value is -1.35. The van der Waals surface area contributed by atoms with Gasteiger partial charge in [0, 0.05) is 16.6 Å². The normalized spacial score (nSPS) is 14.5. The minimum atomic E-state index is -0.375. The van der Waals surface area contributed by atoms with E-state index < -0.39 is 0 Å². The van der Waals surface area contributed by atoms with Crippen LogP contribution in [0.25, 0.3) is 0 Å². The molecule has 1 aromatic rings. The Morgan fingerprint density at radius 2 is 2.29 bits per heavy atom. The predicted octanol–water partition coefficient (Wildman–Crippen LogP) is 3.16. The summed E-state index contributed by atoms with van der Waals surface area (Å²) in [6, 6.07) is 4.74. The molecule has 1 fully saturated rings. The van der Waals surface area contributed by atoms with Gasteiger partial charge in [0.15, 0.2) is 0 Å². The van der Waals surface area contributed by atoms with Crippen molar-refractivity contribution in [1.82, 2.24) is 4.90 Å². The maximum atomic E-state index is 13.6. The van der Waals surface area contributed by atoms with Crippen molar-refractivity contribution in [2.24, 2.45) is 0 Å². The van der Waals surface area contributed by atoms with Gasteiger partial charge in [-0.3, -0.25) is 4.79 Å². The molecule has 0 N–H and O–H groups in total. The van der Waals surface area contributed by atoms with Crippen molar-refractivity contribution in [1.29, 1.82) is 0 Å². The Morgan fingerprint density at radius 3 is 2.82 bits per heavy atom. The standard InChI is InChI=1S/C13H13ClFNO/c1-2-13(17)16(9-6-7-9)8-10-11(14)4-3-5-12(10)15/h2-5,9H,1,6-8H2. The van der Waals surface area contributed by atoms with Crippen LogP contribution in [0.2, 0.25) is 5.02 Å². The van der Waals surface area contributed by atoms with Gasteiger partial charge in [-0.15, -0.1) is 0 Å². The van der Waals surface area contributed by atoms with Crippen molar-refractivity contribution >= 4 is 17.5 Å². The van der Waals surface area contributed by atoms with Crippen molar-refractivity contribution in [3.8, 4) is 0 Å². The molecule has 0 aliphatic heterocycles. The van der Waals surface area contributed by atoms with E-state index in [0.717, 1.165) is 12.8 Å². The second kappa shape index (κ2) is 4.88. The van der Waals surface area contributed by atoms with Crippen molar-refractivity contribution in [3.63, 3.8) is 0 Å². The number of rotatable bonds is 4. The minimum Gasteiger partial charge on any atom is -0.332 e. The van der Waals surface area contributed by atoms with E-state index in [1.165, 1.54) is 12.1 Å². The fourth-order valence-electron chi connectivity index (χ4n) is 1.74. The molecule has 1 saturated carbocycles. The monoisotopic (exact) mass is 253 g/mol. The molecule has 90 valence electrons. The van der Waals surface area contributed by atoms with Gasteiger partial charge in [-0.1, -0.05) is 24.2 Å². The quantitative estimate of drug-likeness (QED) is 0.755. The zero-order valence-corrected chi connectivity index (χ0v) is 10.1. The lowest BCUT2D eigenvalue weighted by atomic mass is 10.2. The number of nitrogens with zero attached hydrogens (tertiary/aromatic N) is 1. The molecule has 0 unspecified atom stereocenters. The Labute approximate surface area is 105 Å². The molecule has 1 aliphatic carbocycles. The van der Waals surface area contributed by atoms with E-state index in [4.69, 9.17) is 11.6 Å². The molecule has 2 rings (SSSR count). The molecule has 4 heteroatoms. The van der Waals surface area contributed by atoms with Crippen molar-refractivity contribution in [3.05, 3.63) is 47.3 Å². The Kier molecular flexibility index (Phi) is 3.48. The first kappa shape index (κ1) is 12.1. The van der Waals surface area contributed by atoms with Crippen molar-refractivity contribution < 1.29 is 9.18 Å². The lowest BCUT2D eigenvalue weighted by molar-refractivity contribution is -0.127. The third-order valence-corrected chi connectivity index (χ3v) is 3.19. The molecule has 1 amide bonds. The highest BCUT2D eigenvalue weighted by atomic mass is 35.5. The van der Waals surface area contributed by atoms with Crippen LogP contribution in [0.5, 0.6) is 0 Å². The van der Waals surface area contributed by atoms with Gasteiger partial charge in [0.2, 0.25) is 5.91 Å². The third kappa shape index (κ3) is 2.67. The first-order chi connectivity index (χ1) is 8.13. The zero-order chi connectivity index (χ0) is 12.4. The summed E-state index contributed by atoms with van der Waals surface area (Å²) in [7, 11) is 0. The van der Waals surface area contributed by atoms with Crippen molar-refractivity contribution in [2.45, 2.75) is 25.4 Å². The van der Waals surface area contributed by atoms with Crippen LogP contribution in [-0.2, 0) is 11.3 Å². The van der Waals surface area contributed by atoms with E-state index in [1.54, 1.807) is 17.0 Å². The molecular weight excluding hydrogens is 241 g/mol. The fraction of sp³-hybridized carbons (Fsp3) is 0.308. The average Bonchev–Trinajstić information content (AvgIpc) is 3.12. The predicted molar refractivity (Wildman–Crippen MR) is 65.2 cm³/mol. The molecule has 2 nitrogen and oxygen atoms in total. The molecule has 0 aromatic heterocycles. The summed E-state index contributed by atoms with van der Waals surface area (Å²) in [4.78, 5) is 13.3. The highest BCUT2D eigenvalue weighted by molar-refractivity contribution is 6.31. The van der Waals surface area contributed by atoms with Crippen LogP contribution in [0.3, 0.4) is 0 Å². The summed E-state index contributed by atoms with van der Waals surface area (Å²) >= 11 is 5.94. The van der Waals surface area contributed by atoms with Gasteiger partial charge in [-0.2, -0.15) is 0 Å². The van der Waals surface area contributed by atoms with E-state index in [0.29, 0.717) is 10.6 Å². The molecule has 17 heavy (non-hydrogen) atoms. The molecule has 0 saturated heterocycles. The zero-order valence-electron chi connectivity index (χ0n) is 9.33. The molecular formula is C13H13ClFNO. The lowest BCUT2D eigenvalue weighted by Gasteiger charge is -2.21. The molecule has 0 heterocycles. The summed E-state index contributed by atoms with van der Waals surface area (Å²) < 4.78 is 13.6. The second-order valence-electron chi connectivity index (χ2n) is 4.10. The van der Waals surface area contributed by atoms with Crippen molar-refractivity contribution in [2.75, 3.05) is 0 Å². The molecule has 1 aromatic carbocycles. The van der Waals surface area contributed by atoms with Crippen LogP contribution in [0.1, 0.15) is 18.4 Å². The maximum Gasteiger partial charge on any atom is 0.246 e. The first-order valence-electron chi connectivity index (χ1n) is 5.49. The molecule has 0 radical (unpaired) electrons. The van der Waals surface area contributed by atoms with Gasteiger partial charge in [0.1, 0.15) is 5.82 Å². The summed E-state index contributed by atoms with van der Waals surface area (Å²) in [5, 5.41) is 0.354. The molecule has 0 atom stereocenters. The number of benzene rings is 1. The SMILES string of the molecule is C=CC(=O)N(Cc1c(F)cccc1Cl)C1CC1. The summed E-state index contributed by atoms with van der Waals surface area (Å²) in [6.07, 6.45) is 3.18. The minimum absolute atomic E-state index is 0.174. The average molecular weight is 254 g/mol. The van der Waals surface area contributed by atoms with Gasteiger partial charge >= 0.3 is 0 Å². The largest absolute Gasteiger partial charge is 0.332 e. The topological polar surface area (TPSA) is 20.3 Å². The second-order valence-corrected chi connectivity index (χ2v) is 4.51. The van der Waals surface area contributed by atoms with Gasteiger partial charge < -0.3 is 4.90 Å².